The fourth-order valence-corrected chi connectivity index (χ4v) is 4.18. The number of nitrogens with zero attached hydrogens (tertiary/aromatic N) is 3. The van der Waals surface area contributed by atoms with Gasteiger partial charge < -0.3 is 14.0 Å². The molecule has 36 heavy (non-hydrogen) atoms. The molecule has 0 spiro atoms. The molecule has 11 heteroatoms. The third kappa shape index (κ3) is 4.22. The normalized spacial score (nSPS) is 12.5. The Balaban J connectivity index is 1.44. The summed E-state index contributed by atoms with van der Waals surface area (Å²) in [7, 11) is 1.57. The number of carbonyl (C=O) groups excluding carboxylic acids is 4. The first kappa shape index (κ1) is 24.3. The molecule has 2 heterocycles. The van der Waals surface area contributed by atoms with E-state index in [0.29, 0.717) is 21.9 Å². The number of benzene rings is 2. The van der Waals surface area contributed by atoms with E-state index in [9.17, 15) is 29.3 Å². The van der Waals surface area contributed by atoms with Crippen LogP contribution < -0.4 is 4.74 Å². The number of aromatic nitrogens is 1. The number of rotatable bonds is 8. The summed E-state index contributed by atoms with van der Waals surface area (Å²) in [4.78, 5) is 61.3. The lowest BCUT2D eigenvalue weighted by atomic mass is 10.1. The maximum absolute atomic E-state index is 12.8. The Bertz CT molecular complexity index is 1420. The van der Waals surface area contributed by atoms with E-state index < -0.39 is 47.3 Å². The number of ether oxygens (including phenoxy) is 2. The van der Waals surface area contributed by atoms with Gasteiger partial charge >= 0.3 is 5.97 Å². The van der Waals surface area contributed by atoms with Gasteiger partial charge in [0.25, 0.3) is 17.5 Å². The fourth-order valence-electron chi connectivity index (χ4n) is 4.18. The van der Waals surface area contributed by atoms with E-state index in [2.05, 4.69) is 0 Å². The Morgan fingerprint density at radius 3 is 2.36 bits per heavy atom. The monoisotopic (exact) mass is 491 g/mol. The lowest BCUT2D eigenvalue weighted by Gasteiger charge is -2.13. The van der Waals surface area contributed by atoms with E-state index in [1.807, 2.05) is 23.6 Å². The number of Topliss-reactive ketones (excluding diaryl/α,β-unsaturated/α-hetero) is 1. The van der Waals surface area contributed by atoms with Gasteiger partial charge in [-0.05, 0) is 50.2 Å². The largest absolute Gasteiger partial charge is 0.497 e. The van der Waals surface area contributed by atoms with E-state index in [0.717, 1.165) is 17.4 Å². The van der Waals surface area contributed by atoms with Crippen molar-refractivity contribution in [2.45, 2.75) is 13.8 Å². The molecule has 0 aliphatic carbocycles. The summed E-state index contributed by atoms with van der Waals surface area (Å²) in [6.45, 7) is 2.22. The molecule has 3 aromatic rings. The molecule has 0 radical (unpaired) electrons. The zero-order valence-corrected chi connectivity index (χ0v) is 19.6. The summed E-state index contributed by atoms with van der Waals surface area (Å²) in [5, 5.41) is 11.2. The molecule has 0 saturated carbocycles. The van der Waals surface area contributed by atoms with Crippen LogP contribution in [0.15, 0.2) is 48.5 Å². The average molecular weight is 491 g/mol. The highest BCUT2D eigenvalue weighted by molar-refractivity contribution is 6.24. The molecule has 2 amide bonds. The van der Waals surface area contributed by atoms with Crippen LogP contribution in [0, 0.1) is 24.0 Å². The number of imide groups is 1. The topological polar surface area (TPSA) is 138 Å². The molecule has 0 fully saturated rings. The molecule has 184 valence electrons. The third-order valence-corrected chi connectivity index (χ3v) is 5.89. The second-order valence-corrected chi connectivity index (χ2v) is 8.06. The number of carbonyl (C=O) groups is 4. The number of methoxy groups -OCH3 is 1. The summed E-state index contributed by atoms with van der Waals surface area (Å²) in [6.07, 6.45) is 0. The summed E-state index contributed by atoms with van der Waals surface area (Å²) in [6, 6.07) is 12.6. The number of amides is 2. The first-order valence-corrected chi connectivity index (χ1v) is 10.8. The van der Waals surface area contributed by atoms with Gasteiger partial charge in [-0.15, -0.1) is 0 Å². The van der Waals surface area contributed by atoms with E-state index in [4.69, 9.17) is 9.47 Å². The van der Waals surface area contributed by atoms with Crippen LogP contribution in [0.4, 0.5) is 5.69 Å². The van der Waals surface area contributed by atoms with Crippen molar-refractivity contribution in [3.63, 3.8) is 0 Å². The standard InChI is InChI=1S/C25H21N3O8/c1-14-11-19(15(2)27(14)16-7-9-17(35-3)10-8-16)21(29)13-36-22(30)12-26-24(31)18-5-4-6-20(28(33)34)23(18)25(26)32/h4-11H,12-13H2,1-3H3. The maximum atomic E-state index is 12.8. The van der Waals surface area contributed by atoms with Crippen LogP contribution in [0.2, 0.25) is 0 Å². The van der Waals surface area contributed by atoms with Crippen molar-refractivity contribution < 1.29 is 33.6 Å². The second-order valence-electron chi connectivity index (χ2n) is 8.06. The number of aryl methyl sites for hydroxylation is 1. The predicted octanol–water partition coefficient (Wildman–Crippen LogP) is 3.03. The van der Waals surface area contributed by atoms with Crippen LogP contribution in [-0.4, -0.2) is 58.2 Å². The van der Waals surface area contributed by atoms with Crippen molar-refractivity contribution in [1.82, 2.24) is 9.47 Å². The molecule has 0 bridgehead atoms. The van der Waals surface area contributed by atoms with Gasteiger partial charge in [-0.3, -0.25) is 34.2 Å². The SMILES string of the molecule is COc1ccc(-n2c(C)cc(C(=O)COC(=O)CN3C(=O)c4cccc([N+](=O)[O-])c4C3=O)c2C)cc1. The molecule has 0 unspecified atom stereocenters. The van der Waals surface area contributed by atoms with Gasteiger partial charge in [-0.2, -0.15) is 0 Å². The molecule has 1 aromatic heterocycles. The van der Waals surface area contributed by atoms with Crippen molar-refractivity contribution in [2.75, 3.05) is 20.3 Å². The smallest absolute Gasteiger partial charge is 0.326 e. The number of ketones is 1. The Morgan fingerprint density at radius 1 is 1.03 bits per heavy atom. The number of fused-ring (bicyclic) bond motifs is 1. The van der Waals surface area contributed by atoms with Crippen LogP contribution in [0.3, 0.4) is 0 Å². The highest BCUT2D eigenvalue weighted by Crippen LogP contribution is 2.30. The van der Waals surface area contributed by atoms with Gasteiger partial charge in [-0.1, -0.05) is 6.07 Å². The molecule has 0 N–H and O–H groups in total. The second kappa shape index (κ2) is 9.45. The maximum Gasteiger partial charge on any atom is 0.326 e. The van der Waals surface area contributed by atoms with Gasteiger partial charge in [0.1, 0.15) is 17.9 Å². The van der Waals surface area contributed by atoms with Gasteiger partial charge in [0, 0.05) is 28.7 Å². The van der Waals surface area contributed by atoms with Crippen molar-refractivity contribution in [1.29, 1.82) is 0 Å². The number of nitro benzene ring substituents is 1. The number of hydrogen-bond donors (Lipinski definition) is 0. The first-order chi connectivity index (χ1) is 17.1. The average Bonchev–Trinajstić information content (AvgIpc) is 3.30. The summed E-state index contributed by atoms with van der Waals surface area (Å²) in [5.41, 5.74) is 1.55. The Kier molecular flexibility index (Phi) is 6.39. The lowest BCUT2D eigenvalue weighted by molar-refractivity contribution is -0.385. The molecule has 2 aromatic carbocycles. The number of hydrogen-bond acceptors (Lipinski definition) is 8. The van der Waals surface area contributed by atoms with Gasteiger partial charge in [0.2, 0.25) is 5.78 Å². The van der Waals surface area contributed by atoms with E-state index in [1.165, 1.54) is 12.1 Å². The summed E-state index contributed by atoms with van der Waals surface area (Å²) >= 11 is 0. The quantitative estimate of drug-likeness (QED) is 0.154. The van der Waals surface area contributed by atoms with Crippen molar-refractivity contribution >= 4 is 29.3 Å². The molecule has 0 atom stereocenters. The lowest BCUT2D eigenvalue weighted by Crippen LogP contribution is -2.36. The van der Waals surface area contributed by atoms with Gasteiger partial charge in [-0.25, -0.2) is 0 Å². The Hall–Kier alpha value is -4.80. The third-order valence-electron chi connectivity index (χ3n) is 5.89. The molecule has 11 nitrogen and oxygen atoms in total. The van der Waals surface area contributed by atoms with Crippen LogP contribution in [0.25, 0.3) is 5.69 Å². The van der Waals surface area contributed by atoms with Gasteiger partial charge in [0.15, 0.2) is 6.61 Å². The van der Waals surface area contributed by atoms with Crippen molar-refractivity contribution in [3.8, 4) is 11.4 Å². The predicted molar refractivity (Wildman–Crippen MR) is 126 cm³/mol. The zero-order chi connectivity index (χ0) is 26.1. The minimum atomic E-state index is -0.996. The fraction of sp³-hybridized carbons (Fsp3) is 0.200. The summed E-state index contributed by atoms with van der Waals surface area (Å²) in [5.74, 6) is -2.57. The Morgan fingerprint density at radius 2 is 1.72 bits per heavy atom. The van der Waals surface area contributed by atoms with Gasteiger partial charge in [0.05, 0.1) is 17.6 Å². The Labute approximate surface area is 205 Å². The van der Waals surface area contributed by atoms with Crippen LogP contribution in [0.5, 0.6) is 5.75 Å². The molecule has 0 saturated heterocycles. The van der Waals surface area contributed by atoms with E-state index >= 15 is 0 Å². The number of esters is 1. The van der Waals surface area contributed by atoms with E-state index in [1.54, 1.807) is 32.2 Å². The molecular weight excluding hydrogens is 470 g/mol. The first-order valence-electron chi connectivity index (χ1n) is 10.8. The van der Waals surface area contributed by atoms with E-state index in [-0.39, 0.29) is 11.1 Å². The van der Waals surface area contributed by atoms with Crippen LogP contribution >= 0.6 is 0 Å². The van der Waals surface area contributed by atoms with Crippen LogP contribution in [-0.2, 0) is 9.53 Å². The highest BCUT2D eigenvalue weighted by Gasteiger charge is 2.42. The van der Waals surface area contributed by atoms with Crippen LogP contribution in [0.1, 0.15) is 42.5 Å². The summed E-state index contributed by atoms with van der Waals surface area (Å²) < 4.78 is 12.1. The van der Waals surface area contributed by atoms with Crippen molar-refractivity contribution in [2.24, 2.45) is 0 Å². The zero-order valence-electron chi connectivity index (χ0n) is 19.6. The number of nitro groups is 1. The molecule has 4 rings (SSSR count). The molecule has 1 aliphatic rings. The van der Waals surface area contributed by atoms with Crippen molar-refractivity contribution in [3.05, 3.63) is 86.7 Å². The highest BCUT2D eigenvalue weighted by atomic mass is 16.6. The molecule has 1 aliphatic heterocycles. The molecular formula is C25H21N3O8. The minimum Gasteiger partial charge on any atom is -0.497 e. The minimum absolute atomic E-state index is 0.163.